The first kappa shape index (κ1) is 16.8. The normalized spacial score (nSPS) is 10.9. The number of hydrogen-bond acceptors (Lipinski definition) is 3. The summed E-state index contributed by atoms with van der Waals surface area (Å²) in [6, 6.07) is 13.5. The molecule has 27 heavy (non-hydrogen) atoms. The number of urea groups is 1. The number of amides is 2. The van der Waals surface area contributed by atoms with E-state index in [1.807, 2.05) is 77.1 Å². The second-order valence-corrected chi connectivity index (χ2v) is 6.31. The molecule has 3 heterocycles. The van der Waals surface area contributed by atoms with E-state index in [0.717, 1.165) is 34.7 Å². The Balaban J connectivity index is 1.28. The topological polar surface area (TPSA) is 76.2 Å². The lowest BCUT2D eigenvalue weighted by Gasteiger charge is -2.08. The van der Waals surface area contributed by atoms with Gasteiger partial charge in [0.25, 0.3) is 0 Å². The molecule has 7 heteroatoms. The van der Waals surface area contributed by atoms with E-state index < -0.39 is 0 Å². The van der Waals surface area contributed by atoms with Crippen molar-refractivity contribution in [3.8, 4) is 5.69 Å². The largest absolute Gasteiger partial charge is 0.338 e. The van der Waals surface area contributed by atoms with Gasteiger partial charge in [-0.15, -0.1) is 0 Å². The highest BCUT2D eigenvalue weighted by Gasteiger charge is 2.04. The maximum atomic E-state index is 12.1. The first-order chi connectivity index (χ1) is 13.2. The summed E-state index contributed by atoms with van der Waals surface area (Å²) in [6.45, 7) is 2.49. The van der Waals surface area contributed by atoms with E-state index in [2.05, 4.69) is 20.7 Å². The van der Waals surface area contributed by atoms with Gasteiger partial charge in [0, 0.05) is 31.3 Å². The van der Waals surface area contributed by atoms with E-state index in [9.17, 15) is 4.79 Å². The highest BCUT2D eigenvalue weighted by molar-refractivity contribution is 5.89. The standard InChI is InChI=1S/C20H20N6O/c1-15-13-25-14-17(5-8-19(25)23-15)24-20(27)21-11-9-16-3-6-18(7-4-16)26-12-2-10-22-26/h2-8,10,12-14H,9,11H2,1H3,(H2,21,24,27). The number of nitrogens with zero attached hydrogens (tertiary/aromatic N) is 4. The summed E-state index contributed by atoms with van der Waals surface area (Å²) in [5.41, 5.74) is 4.69. The first-order valence-corrected chi connectivity index (χ1v) is 8.76. The fraction of sp³-hybridized carbons (Fsp3) is 0.150. The molecule has 0 saturated carbocycles. The second kappa shape index (κ2) is 7.33. The van der Waals surface area contributed by atoms with E-state index in [1.54, 1.807) is 6.20 Å². The number of rotatable bonds is 5. The van der Waals surface area contributed by atoms with Crippen molar-refractivity contribution in [3.05, 3.63) is 78.5 Å². The Morgan fingerprint density at radius 2 is 1.96 bits per heavy atom. The Morgan fingerprint density at radius 1 is 1.11 bits per heavy atom. The Kier molecular flexibility index (Phi) is 4.57. The first-order valence-electron chi connectivity index (χ1n) is 8.76. The Morgan fingerprint density at radius 3 is 2.74 bits per heavy atom. The number of imidazole rings is 1. The highest BCUT2D eigenvalue weighted by atomic mass is 16.2. The molecular formula is C20H20N6O. The van der Waals surface area contributed by atoms with Crippen LogP contribution < -0.4 is 10.6 Å². The molecule has 0 bridgehead atoms. The van der Waals surface area contributed by atoms with E-state index in [4.69, 9.17) is 0 Å². The smallest absolute Gasteiger partial charge is 0.319 e. The average molecular weight is 360 g/mol. The van der Waals surface area contributed by atoms with Crippen molar-refractivity contribution < 1.29 is 4.79 Å². The number of fused-ring (bicyclic) bond motifs is 1. The van der Waals surface area contributed by atoms with Crippen LogP contribution in [0.2, 0.25) is 0 Å². The lowest BCUT2D eigenvalue weighted by molar-refractivity contribution is 0.252. The van der Waals surface area contributed by atoms with Crippen molar-refractivity contribution in [1.82, 2.24) is 24.5 Å². The molecule has 2 N–H and O–H groups in total. The molecule has 0 fully saturated rings. The summed E-state index contributed by atoms with van der Waals surface area (Å²) in [6.07, 6.45) is 8.19. The van der Waals surface area contributed by atoms with Crippen molar-refractivity contribution in [3.63, 3.8) is 0 Å². The van der Waals surface area contributed by atoms with Crippen LogP contribution in [0.25, 0.3) is 11.3 Å². The number of carbonyl (C=O) groups is 1. The molecule has 1 aromatic carbocycles. The van der Waals surface area contributed by atoms with Gasteiger partial charge in [-0.2, -0.15) is 5.10 Å². The Hall–Kier alpha value is -3.61. The zero-order valence-electron chi connectivity index (χ0n) is 15.0. The van der Waals surface area contributed by atoms with Crippen LogP contribution in [-0.2, 0) is 6.42 Å². The molecule has 0 aliphatic heterocycles. The third-order valence-corrected chi connectivity index (χ3v) is 4.23. The summed E-state index contributed by atoms with van der Waals surface area (Å²) in [5.74, 6) is 0. The van der Waals surface area contributed by atoms with E-state index in [1.165, 1.54) is 0 Å². The van der Waals surface area contributed by atoms with Crippen molar-refractivity contribution in [2.24, 2.45) is 0 Å². The van der Waals surface area contributed by atoms with Crippen LogP contribution >= 0.6 is 0 Å². The van der Waals surface area contributed by atoms with Gasteiger partial charge in [-0.3, -0.25) is 0 Å². The molecule has 0 unspecified atom stereocenters. The fourth-order valence-electron chi connectivity index (χ4n) is 2.93. The summed E-state index contributed by atoms with van der Waals surface area (Å²) in [4.78, 5) is 16.5. The number of pyridine rings is 1. The van der Waals surface area contributed by atoms with E-state index >= 15 is 0 Å². The molecule has 4 aromatic rings. The van der Waals surface area contributed by atoms with Crippen molar-refractivity contribution in [1.29, 1.82) is 0 Å². The molecule has 2 amide bonds. The lowest BCUT2D eigenvalue weighted by atomic mass is 10.1. The van der Waals surface area contributed by atoms with Gasteiger partial charge in [0.2, 0.25) is 0 Å². The van der Waals surface area contributed by atoms with Gasteiger partial charge < -0.3 is 15.0 Å². The van der Waals surface area contributed by atoms with Gasteiger partial charge in [-0.1, -0.05) is 12.1 Å². The van der Waals surface area contributed by atoms with Crippen LogP contribution in [0.3, 0.4) is 0 Å². The van der Waals surface area contributed by atoms with E-state index in [-0.39, 0.29) is 6.03 Å². The van der Waals surface area contributed by atoms with Gasteiger partial charge in [-0.25, -0.2) is 14.5 Å². The maximum Gasteiger partial charge on any atom is 0.319 e. The van der Waals surface area contributed by atoms with Crippen LogP contribution in [0.15, 0.2) is 67.3 Å². The van der Waals surface area contributed by atoms with Gasteiger partial charge >= 0.3 is 6.03 Å². The predicted molar refractivity (Wildman–Crippen MR) is 104 cm³/mol. The molecule has 0 radical (unpaired) electrons. The quantitative estimate of drug-likeness (QED) is 0.574. The number of benzene rings is 1. The number of hydrogen-bond donors (Lipinski definition) is 2. The summed E-state index contributed by atoms with van der Waals surface area (Å²) < 4.78 is 3.71. The molecule has 3 aromatic heterocycles. The van der Waals surface area contributed by atoms with Crippen molar-refractivity contribution in [2.75, 3.05) is 11.9 Å². The highest BCUT2D eigenvalue weighted by Crippen LogP contribution is 2.11. The minimum atomic E-state index is -0.223. The molecule has 0 aliphatic rings. The van der Waals surface area contributed by atoms with Crippen LogP contribution in [0.5, 0.6) is 0 Å². The number of anilines is 1. The lowest BCUT2D eigenvalue weighted by Crippen LogP contribution is -2.30. The average Bonchev–Trinajstić information content (AvgIpc) is 3.31. The van der Waals surface area contributed by atoms with Crippen LogP contribution in [-0.4, -0.2) is 31.7 Å². The number of aryl methyl sites for hydroxylation is 1. The van der Waals surface area contributed by atoms with Gasteiger partial charge in [0.05, 0.1) is 17.1 Å². The minimum Gasteiger partial charge on any atom is -0.338 e. The third-order valence-electron chi connectivity index (χ3n) is 4.23. The minimum absolute atomic E-state index is 0.223. The molecule has 0 atom stereocenters. The summed E-state index contributed by atoms with van der Waals surface area (Å²) in [5, 5.41) is 9.94. The molecular weight excluding hydrogens is 340 g/mol. The summed E-state index contributed by atoms with van der Waals surface area (Å²) in [7, 11) is 0. The molecule has 7 nitrogen and oxygen atoms in total. The fourth-order valence-corrected chi connectivity index (χ4v) is 2.93. The van der Waals surface area contributed by atoms with Crippen molar-refractivity contribution in [2.45, 2.75) is 13.3 Å². The van der Waals surface area contributed by atoms with E-state index in [0.29, 0.717) is 6.54 Å². The molecule has 0 saturated heterocycles. The van der Waals surface area contributed by atoms with Gasteiger partial charge in [0.1, 0.15) is 5.65 Å². The second-order valence-electron chi connectivity index (χ2n) is 6.31. The van der Waals surface area contributed by atoms with Crippen LogP contribution in [0, 0.1) is 6.92 Å². The number of carbonyl (C=O) groups excluding carboxylic acids is 1. The molecule has 0 aliphatic carbocycles. The van der Waals surface area contributed by atoms with Crippen LogP contribution in [0.4, 0.5) is 10.5 Å². The Labute approximate surface area is 156 Å². The monoisotopic (exact) mass is 360 g/mol. The molecule has 0 spiro atoms. The zero-order valence-corrected chi connectivity index (χ0v) is 15.0. The third kappa shape index (κ3) is 3.98. The summed E-state index contributed by atoms with van der Waals surface area (Å²) >= 11 is 0. The van der Waals surface area contributed by atoms with Crippen molar-refractivity contribution >= 4 is 17.4 Å². The molecule has 4 rings (SSSR count). The van der Waals surface area contributed by atoms with Crippen LogP contribution in [0.1, 0.15) is 11.3 Å². The van der Waals surface area contributed by atoms with Gasteiger partial charge in [-0.05, 0) is 49.2 Å². The zero-order chi connectivity index (χ0) is 18.6. The Bertz CT molecular complexity index is 1050. The maximum absolute atomic E-state index is 12.1. The molecule has 136 valence electrons. The SMILES string of the molecule is Cc1cn2cc(NC(=O)NCCc3ccc(-n4cccn4)cc3)ccc2n1. The van der Waals surface area contributed by atoms with Gasteiger partial charge in [0.15, 0.2) is 0 Å². The number of nitrogens with one attached hydrogen (secondary N) is 2. The number of aromatic nitrogens is 4. The predicted octanol–water partition coefficient (Wildman–Crippen LogP) is 3.19.